The number of nitrogens with one attached hydrogen (secondary N) is 1. The van der Waals surface area contributed by atoms with Gasteiger partial charge in [0.2, 0.25) is 5.91 Å². The minimum Gasteiger partial charge on any atom is -0.338 e. The summed E-state index contributed by atoms with van der Waals surface area (Å²) in [4.78, 5) is 14.4. The number of aryl methyl sites for hydroxylation is 1. The molecule has 1 aliphatic heterocycles. The number of hydrogen-bond acceptors (Lipinski definition) is 2. The molecule has 1 aromatic carbocycles. The predicted molar refractivity (Wildman–Crippen MR) is 86.1 cm³/mol. The Labute approximate surface area is 133 Å². The van der Waals surface area contributed by atoms with Crippen LogP contribution in [0.5, 0.6) is 0 Å². The second-order valence-corrected chi connectivity index (χ2v) is 6.47. The molecule has 0 radical (unpaired) electrons. The molecule has 0 aliphatic carbocycles. The molecule has 1 atom stereocenters. The minimum absolute atomic E-state index is 0.245. The quantitative estimate of drug-likeness (QED) is 0.875. The molecule has 110 valence electrons. The Hall–Kier alpha value is -0.580. The zero-order chi connectivity index (χ0) is 14.5. The van der Waals surface area contributed by atoms with E-state index < -0.39 is 0 Å². The number of rotatable bonds is 5. The molecule has 0 saturated carbocycles. The van der Waals surface area contributed by atoms with Crippen molar-refractivity contribution in [2.45, 2.75) is 31.7 Å². The lowest BCUT2D eigenvalue weighted by Gasteiger charge is -2.24. The number of halogens is 2. The Morgan fingerprint density at radius 1 is 1.55 bits per heavy atom. The normalized spacial score (nSPS) is 18.6. The molecule has 0 aromatic heterocycles. The van der Waals surface area contributed by atoms with Gasteiger partial charge in [-0.15, -0.1) is 0 Å². The van der Waals surface area contributed by atoms with E-state index in [-0.39, 0.29) is 5.91 Å². The summed E-state index contributed by atoms with van der Waals surface area (Å²) in [5.74, 6) is 0.245. The molecule has 20 heavy (non-hydrogen) atoms. The molecule has 1 heterocycles. The second kappa shape index (κ2) is 7.43. The van der Waals surface area contributed by atoms with Gasteiger partial charge in [0.25, 0.3) is 0 Å². The third-order valence-corrected chi connectivity index (χ3v) is 4.76. The fourth-order valence-electron chi connectivity index (χ4n) is 2.73. The van der Waals surface area contributed by atoms with E-state index in [1.54, 1.807) is 0 Å². The van der Waals surface area contributed by atoms with Crippen LogP contribution in [0.1, 0.15) is 24.8 Å². The summed E-state index contributed by atoms with van der Waals surface area (Å²) in [6, 6.07) is 6.06. The molecule has 1 aliphatic rings. The molecular weight excluding hydrogens is 340 g/mol. The first-order valence-electron chi connectivity index (χ1n) is 7.00. The molecule has 0 spiro atoms. The van der Waals surface area contributed by atoms with Crippen molar-refractivity contribution in [3.63, 3.8) is 0 Å². The van der Waals surface area contributed by atoms with Gasteiger partial charge in [-0.1, -0.05) is 27.5 Å². The van der Waals surface area contributed by atoms with Crippen LogP contribution in [0.3, 0.4) is 0 Å². The van der Waals surface area contributed by atoms with Crippen molar-refractivity contribution in [1.29, 1.82) is 0 Å². The number of carbonyl (C=O) groups excluding carboxylic acids is 1. The molecular formula is C15H20BrClN2O. The van der Waals surface area contributed by atoms with Gasteiger partial charge in [0.05, 0.1) is 0 Å². The summed E-state index contributed by atoms with van der Waals surface area (Å²) in [7, 11) is 1.93. The van der Waals surface area contributed by atoms with Gasteiger partial charge in [0.1, 0.15) is 0 Å². The molecule has 1 aromatic rings. The summed E-state index contributed by atoms with van der Waals surface area (Å²) in [5, 5.41) is 3.88. The SMILES string of the molecule is CNCC1CCCN1C(=O)CCc1cc(Cl)ccc1Br. The van der Waals surface area contributed by atoms with E-state index in [9.17, 15) is 4.79 Å². The lowest BCUT2D eigenvalue weighted by atomic mass is 10.1. The Balaban J connectivity index is 1.93. The molecule has 0 bridgehead atoms. The zero-order valence-corrected chi connectivity index (χ0v) is 14.0. The first-order valence-corrected chi connectivity index (χ1v) is 8.17. The molecule has 1 amide bonds. The largest absolute Gasteiger partial charge is 0.338 e. The van der Waals surface area contributed by atoms with Crippen LogP contribution in [-0.4, -0.2) is 37.0 Å². The summed E-state index contributed by atoms with van der Waals surface area (Å²) < 4.78 is 1.02. The monoisotopic (exact) mass is 358 g/mol. The second-order valence-electron chi connectivity index (χ2n) is 5.18. The van der Waals surface area contributed by atoms with E-state index in [0.717, 1.165) is 42.4 Å². The summed E-state index contributed by atoms with van der Waals surface area (Å²) in [6.45, 7) is 1.77. The van der Waals surface area contributed by atoms with Crippen molar-refractivity contribution in [3.05, 3.63) is 33.3 Å². The number of hydrogen-bond donors (Lipinski definition) is 1. The molecule has 1 fully saturated rings. The highest BCUT2D eigenvalue weighted by Crippen LogP contribution is 2.24. The highest BCUT2D eigenvalue weighted by Gasteiger charge is 2.27. The van der Waals surface area contributed by atoms with E-state index in [1.165, 1.54) is 0 Å². The Morgan fingerprint density at radius 2 is 2.35 bits per heavy atom. The summed E-state index contributed by atoms with van der Waals surface area (Å²) in [5.41, 5.74) is 1.09. The number of carbonyl (C=O) groups is 1. The van der Waals surface area contributed by atoms with Crippen LogP contribution in [-0.2, 0) is 11.2 Å². The van der Waals surface area contributed by atoms with E-state index in [4.69, 9.17) is 11.6 Å². The fraction of sp³-hybridized carbons (Fsp3) is 0.533. The van der Waals surface area contributed by atoms with Crippen LogP contribution in [0.25, 0.3) is 0 Å². The molecule has 5 heteroatoms. The third kappa shape index (κ3) is 3.96. The van der Waals surface area contributed by atoms with E-state index >= 15 is 0 Å². The maximum atomic E-state index is 12.3. The number of benzene rings is 1. The van der Waals surface area contributed by atoms with Gasteiger partial charge in [-0.05, 0) is 50.1 Å². The summed E-state index contributed by atoms with van der Waals surface area (Å²) in [6.07, 6.45) is 3.48. The van der Waals surface area contributed by atoms with Gasteiger partial charge in [0.15, 0.2) is 0 Å². The Kier molecular flexibility index (Phi) is 5.87. The van der Waals surface area contributed by atoms with Crippen LogP contribution >= 0.6 is 27.5 Å². The van der Waals surface area contributed by atoms with Crippen LogP contribution in [0.2, 0.25) is 5.02 Å². The Bertz CT molecular complexity index is 481. The Morgan fingerprint density at radius 3 is 3.10 bits per heavy atom. The van der Waals surface area contributed by atoms with Crippen LogP contribution < -0.4 is 5.32 Å². The van der Waals surface area contributed by atoms with Gasteiger partial charge in [-0.25, -0.2) is 0 Å². The first kappa shape index (κ1) is 15.8. The predicted octanol–water partition coefficient (Wildman–Crippen LogP) is 3.25. The van der Waals surface area contributed by atoms with E-state index in [2.05, 4.69) is 21.2 Å². The molecule has 1 saturated heterocycles. The topological polar surface area (TPSA) is 32.3 Å². The standard InChI is InChI=1S/C15H20BrClN2O/c1-18-10-13-3-2-8-19(13)15(20)7-4-11-9-12(17)5-6-14(11)16/h5-6,9,13,18H,2-4,7-8,10H2,1H3. The van der Waals surface area contributed by atoms with Crippen molar-refractivity contribution in [3.8, 4) is 0 Å². The van der Waals surface area contributed by atoms with Gasteiger partial charge in [0, 0.05) is 35.0 Å². The first-order chi connectivity index (χ1) is 9.61. The van der Waals surface area contributed by atoms with Crippen LogP contribution in [0, 0.1) is 0 Å². The fourth-order valence-corrected chi connectivity index (χ4v) is 3.37. The lowest BCUT2D eigenvalue weighted by molar-refractivity contribution is -0.131. The average molecular weight is 360 g/mol. The van der Waals surface area contributed by atoms with E-state index in [1.807, 2.05) is 30.1 Å². The maximum absolute atomic E-state index is 12.3. The summed E-state index contributed by atoms with van der Waals surface area (Å²) >= 11 is 9.51. The zero-order valence-electron chi connectivity index (χ0n) is 11.7. The van der Waals surface area contributed by atoms with Crippen molar-refractivity contribution >= 4 is 33.4 Å². The lowest BCUT2D eigenvalue weighted by Crippen LogP contribution is -2.40. The van der Waals surface area contributed by atoms with Gasteiger partial charge in [-0.3, -0.25) is 4.79 Å². The molecule has 1 N–H and O–H groups in total. The van der Waals surface area contributed by atoms with Gasteiger partial charge in [-0.2, -0.15) is 0 Å². The van der Waals surface area contributed by atoms with Crippen molar-refractivity contribution < 1.29 is 4.79 Å². The van der Waals surface area contributed by atoms with Crippen molar-refractivity contribution in [2.24, 2.45) is 0 Å². The number of amides is 1. The number of nitrogens with zero attached hydrogens (tertiary/aromatic N) is 1. The minimum atomic E-state index is 0.245. The molecule has 1 unspecified atom stereocenters. The highest BCUT2D eigenvalue weighted by atomic mass is 79.9. The van der Waals surface area contributed by atoms with Gasteiger partial charge < -0.3 is 10.2 Å². The van der Waals surface area contributed by atoms with Crippen LogP contribution in [0.15, 0.2) is 22.7 Å². The molecule has 3 nitrogen and oxygen atoms in total. The smallest absolute Gasteiger partial charge is 0.223 e. The van der Waals surface area contributed by atoms with E-state index in [0.29, 0.717) is 17.5 Å². The van der Waals surface area contributed by atoms with Crippen LogP contribution in [0.4, 0.5) is 0 Å². The number of likely N-dealkylation sites (N-methyl/N-ethyl adjacent to an activating group) is 1. The van der Waals surface area contributed by atoms with Gasteiger partial charge >= 0.3 is 0 Å². The third-order valence-electron chi connectivity index (χ3n) is 3.75. The molecule has 2 rings (SSSR count). The average Bonchev–Trinajstić information content (AvgIpc) is 2.88. The number of likely N-dealkylation sites (tertiary alicyclic amines) is 1. The maximum Gasteiger partial charge on any atom is 0.223 e. The highest BCUT2D eigenvalue weighted by molar-refractivity contribution is 9.10. The van der Waals surface area contributed by atoms with Crippen molar-refractivity contribution in [2.75, 3.05) is 20.1 Å². The van der Waals surface area contributed by atoms with Crippen molar-refractivity contribution in [1.82, 2.24) is 10.2 Å².